The number of rotatable bonds is 3. The second-order valence-corrected chi connectivity index (χ2v) is 5.81. The molecule has 1 aromatic heterocycles. The number of aromatic nitrogens is 1. The Labute approximate surface area is 128 Å². The molecule has 1 saturated carbocycles. The lowest BCUT2D eigenvalue weighted by Gasteiger charge is -2.22. The molecule has 1 fully saturated rings. The highest BCUT2D eigenvalue weighted by Gasteiger charge is 2.28. The molecule has 1 aliphatic carbocycles. The lowest BCUT2D eigenvalue weighted by atomic mass is 9.96. The Morgan fingerprint density at radius 1 is 1.43 bits per heavy atom. The summed E-state index contributed by atoms with van der Waals surface area (Å²) in [6, 6.07) is 1.38. The van der Waals surface area contributed by atoms with Crippen molar-refractivity contribution in [3.8, 4) is 0 Å². The van der Waals surface area contributed by atoms with Crippen LogP contribution in [0.5, 0.6) is 0 Å². The van der Waals surface area contributed by atoms with Crippen molar-refractivity contribution in [2.24, 2.45) is 5.92 Å². The van der Waals surface area contributed by atoms with Gasteiger partial charge in [0.2, 0.25) is 5.15 Å². The molecule has 21 heavy (non-hydrogen) atoms. The molecule has 0 aromatic carbocycles. The van der Waals surface area contributed by atoms with Crippen molar-refractivity contribution in [2.75, 3.05) is 0 Å². The first-order chi connectivity index (χ1) is 10.0. The van der Waals surface area contributed by atoms with Crippen LogP contribution in [0.2, 0.25) is 5.15 Å². The van der Waals surface area contributed by atoms with Crippen molar-refractivity contribution in [3.05, 3.63) is 33.1 Å². The van der Waals surface area contributed by atoms with Gasteiger partial charge in [-0.05, 0) is 24.8 Å². The fourth-order valence-electron chi connectivity index (χ4n) is 2.74. The van der Waals surface area contributed by atoms with Gasteiger partial charge in [-0.25, -0.2) is 4.98 Å². The maximum absolute atomic E-state index is 12.3. The molecule has 0 radical (unpaired) electrons. The Bertz CT molecular complexity index is 550. The molecule has 0 aliphatic heterocycles. The molecule has 2 unspecified atom stereocenters. The minimum atomic E-state index is -0.666. The van der Waals surface area contributed by atoms with Crippen molar-refractivity contribution in [2.45, 2.75) is 45.1 Å². The Hall–Kier alpha value is -1.69. The Morgan fingerprint density at radius 3 is 2.86 bits per heavy atom. The van der Waals surface area contributed by atoms with E-state index in [4.69, 9.17) is 11.6 Å². The predicted molar refractivity (Wildman–Crippen MR) is 79.4 cm³/mol. The van der Waals surface area contributed by atoms with Gasteiger partial charge in [0.25, 0.3) is 5.91 Å². The minimum Gasteiger partial charge on any atom is -0.349 e. The molecule has 1 aromatic rings. The van der Waals surface area contributed by atoms with Crippen molar-refractivity contribution >= 4 is 23.2 Å². The van der Waals surface area contributed by atoms with Gasteiger partial charge < -0.3 is 5.32 Å². The summed E-state index contributed by atoms with van der Waals surface area (Å²) in [5, 5.41) is 13.7. The van der Waals surface area contributed by atoms with Gasteiger partial charge in [0.15, 0.2) is 0 Å². The van der Waals surface area contributed by atoms with E-state index in [-0.39, 0.29) is 16.8 Å². The molecular weight excluding hydrogens is 294 g/mol. The SMILES string of the molecule is CC1CCCCCC1NC(=O)c1ccnc(Cl)c1[N+](=O)[O-]. The summed E-state index contributed by atoms with van der Waals surface area (Å²) in [4.78, 5) is 26.4. The number of pyridine rings is 1. The van der Waals surface area contributed by atoms with Crippen LogP contribution in [0.1, 0.15) is 49.4 Å². The van der Waals surface area contributed by atoms with Crippen molar-refractivity contribution in [1.82, 2.24) is 10.3 Å². The molecule has 2 rings (SSSR count). The van der Waals surface area contributed by atoms with E-state index < -0.39 is 16.5 Å². The highest BCUT2D eigenvalue weighted by atomic mass is 35.5. The van der Waals surface area contributed by atoms with Crippen molar-refractivity contribution < 1.29 is 9.72 Å². The average Bonchev–Trinajstić information content (AvgIpc) is 2.63. The van der Waals surface area contributed by atoms with Crippen LogP contribution in [0.3, 0.4) is 0 Å². The number of nitrogens with one attached hydrogen (secondary N) is 1. The van der Waals surface area contributed by atoms with E-state index in [9.17, 15) is 14.9 Å². The molecule has 114 valence electrons. The molecule has 1 aliphatic rings. The van der Waals surface area contributed by atoms with Gasteiger partial charge in [0, 0.05) is 12.2 Å². The highest BCUT2D eigenvalue weighted by Crippen LogP contribution is 2.27. The second-order valence-electron chi connectivity index (χ2n) is 5.45. The first kappa shape index (κ1) is 15.7. The summed E-state index contributed by atoms with van der Waals surface area (Å²) >= 11 is 5.73. The Kier molecular flexibility index (Phi) is 5.12. The zero-order valence-electron chi connectivity index (χ0n) is 11.8. The van der Waals surface area contributed by atoms with E-state index >= 15 is 0 Å². The smallest absolute Gasteiger partial charge is 0.319 e. The van der Waals surface area contributed by atoms with E-state index in [1.165, 1.54) is 12.3 Å². The molecule has 0 saturated heterocycles. The molecule has 1 amide bonds. The summed E-state index contributed by atoms with van der Waals surface area (Å²) in [7, 11) is 0. The monoisotopic (exact) mass is 311 g/mol. The maximum Gasteiger partial charge on any atom is 0.319 e. The first-order valence-corrected chi connectivity index (χ1v) is 7.48. The molecule has 1 heterocycles. The molecule has 1 N–H and O–H groups in total. The molecular formula is C14H18ClN3O3. The molecule has 0 bridgehead atoms. The van der Waals surface area contributed by atoms with Crippen LogP contribution < -0.4 is 5.32 Å². The number of amides is 1. The van der Waals surface area contributed by atoms with Crippen LogP contribution in [-0.4, -0.2) is 21.9 Å². The molecule has 0 spiro atoms. The van der Waals surface area contributed by atoms with Crippen LogP contribution in [0.25, 0.3) is 0 Å². The van der Waals surface area contributed by atoms with Gasteiger partial charge in [0.1, 0.15) is 5.56 Å². The number of nitro groups is 1. The van der Waals surface area contributed by atoms with Crippen LogP contribution in [0, 0.1) is 16.0 Å². The summed E-state index contributed by atoms with van der Waals surface area (Å²) in [5.74, 6) is -0.0856. The summed E-state index contributed by atoms with van der Waals surface area (Å²) < 4.78 is 0. The number of carbonyl (C=O) groups is 1. The quantitative estimate of drug-likeness (QED) is 0.401. The van der Waals surface area contributed by atoms with Crippen molar-refractivity contribution in [3.63, 3.8) is 0 Å². The normalized spacial score (nSPS) is 22.4. The third-order valence-corrected chi connectivity index (χ3v) is 4.26. The zero-order valence-corrected chi connectivity index (χ0v) is 12.6. The van der Waals surface area contributed by atoms with Gasteiger partial charge in [0.05, 0.1) is 4.92 Å². The van der Waals surface area contributed by atoms with Crippen LogP contribution in [0.4, 0.5) is 5.69 Å². The Balaban J connectivity index is 2.20. The van der Waals surface area contributed by atoms with Gasteiger partial charge in [-0.1, -0.05) is 37.8 Å². The topological polar surface area (TPSA) is 85.1 Å². The second kappa shape index (κ2) is 6.85. The van der Waals surface area contributed by atoms with E-state index in [2.05, 4.69) is 17.2 Å². The lowest BCUT2D eigenvalue weighted by molar-refractivity contribution is -0.385. The number of nitrogens with zero attached hydrogens (tertiary/aromatic N) is 2. The van der Waals surface area contributed by atoms with Crippen LogP contribution in [-0.2, 0) is 0 Å². The third-order valence-electron chi connectivity index (χ3n) is 3.98. The minimum absolute atomic E-state index is 0.0311. The van der Waals surface area contributed by atoms with Gasteiger partial charge in [-0.2, -0.15) is 0 Å². The van der Waals surface area contributed by atoms with Crippen LogP contribution >= 0.6 is 11.6 Å². The van der Waals surface area contributed by atoms with E-state index in [1.807, 2.05) is 0 Å². The highest BCUT2D eigenvalue weighted by molar-refractivity contribution is 6.32. The van der Waals surface area contributed by atoms with E-state index in [0.717, 1.165) is 32.1 Å². The molecule has 2 atom stereocenters. The van der Waals surface area contributed by atoms with E-state index in [1.54, 1.807) is 0 Å². The first-order valence-electron chi connectivity index (χ1n) is 7.10. The van der Waals surface area contributed by atoms with Gasteiger partial charge >= 0.3 is 5.69 Å². The Morgan fingerprint density at radius 2 is 2.14 bits per heavy atom. The third kappa shape index (κ3) is 3.69. The van der Waals surface area contributed by atoms with Gasteiger partial charge in [-0.15, -0.1) is 0 Å². The fraction of sp³-hybridized carbons (Fsp3) is 0.571. The van der Waals surface area contributed by atoms with Gasteiger partial charge in [-0.3, -0.25) is 14.9 Å². The molecule has 6 nitrogen and oxygen atoms in total. The average molecular weight is 312 g/mol. The lowest BCUT2D eigenvalue weighted by Crippen LogP contribution is -2.39. The maximum atomic E-state index is 12.3. The summed E-state index contributed by atoms with van der Waals surface area (Å²) in [5.41, 5.74) is -0.464. The zero-order chi connectivity index (χ0) is 15.4. The van der Waals surface area contributed by atoms with Crippen LogP contribution in [0.15, 0.2) is 12.3 Å². The fourth-order valence-corrected chi connectivity index (χ4v) is 2.97. The number of halogens is 1. The standard InChI is InChI=1S/C14H18ClN3O3/c1-9-5-3-2-4-6-11(9)17-14(19)10-7-8-16-13(15)12(10)18(20)21/h7-9,11H,2-6H2,1H3,(H,17,19). The number of hydrogen-bond donors (Lipinski definition) is 1. The number of carbonyl (C=O) groups excluding carboxylic acids is 1. The predicted octanol–water partition coefficient (Wildman–Crippen LogP) is 3.34. The van der Waals surface area contributed by atoms with E-state index in [0.29, 0.717) is 5.92 Å². The number of hydrogen-bond acceptors (Lipinski definition) is 4. The largest absolute Gasteiger partial charge is 0.349 e. The van der Waals surface area contributed by atoms with Crippen molar-refractivity contribution in [1.29, 1.82) is 0 Å². The molecule has 7 heteroatoms. The summed E-state index contributed by atoms with van der Waals surface area (Å²) in [6.07, 6.45) is 6.66. The summed E-state index contributed by atoms with van der Waals surface area (Å²) in [6.45, 7) is 2.10.